The van der Waals surface area contributed by atoms with E-state index in [2.05, 4.69) is 0 Å². The van der Waals surface area contributed by atoms with Crippen LogP contribution in [0.4, 0.5) is 5.69 Å². The molecule has 0 aliphatic rings. The van der Waals surface area contributed by atoms with Crippen LogP contribution < -0.4 is 11.5 Å². The number of aromatic hydroxyl groups is 1. The first kappa shape index (κ1) is 11.9. The van der Waals surface area contributed by atoms with Crippen molar-refractivity contribution in [2.45, 2.75) is 33.7 Å². The van der Waals surface area contributed by atoms with Crippen LogP contribution in [-0.4, -0.2) is 5.11 Å². The SMILES string of the molecule is Cc1ccc(N)c(O)c1[C@@H](N)C(C)(C)C. The van der Waals surface area contributed by atoms with E-state index in [1.54, 1.807) is 6.07 Å². The summed E-state index contributed by atoms with van der Waals surface area (Å²) in [6.45, 7) is 8.05. The summed E-state index contributed by atoms with van der Waals surface area (Å²) in [5.74, 6) is 0.123. The predicted octanol–water partition coefficient (Wildman–Crippen LogP) is 2.33. The number of benzene rings is 1. The van der Waals surface area contributed by atoms with Gasteiger partial charge in [0.05, 0.1) is 5.69 Å². The van der Waals surface area contributed by atoms with E-state index in [1.807, 2.05) is 33.8 Å². The molecule has 0 radical (unpaired) electrons. The fourth-order valence-corrected chi connectivity index (χ4v) is 1.55. The summed E-state index contributed by atoms with van der Waals surface area (Å²) in [6, 6.07) is 3.36. The van der Waals surface area contributed by atoms with Gasteiger partial charge in [0.25, 0.3) is 0 Å². The highest BCUT2D eigenvalue weighted by molar-refractivity contribution is 5.59. The van der Waals surface area contributed by atoms with E-state index in [4.69, 9.17) is 11.5 Å². The molecule has 0 aliphatic heterocycles. The highest BCUT2D eigenvalue weighted by atomic mass is 16.3. The summed E-state index contributed by atoms with van der Waals surface area (Å²) in [5.41, 5.74) is 13.8. The molecule has 0 aromatic heterocycles. The fraction of sp³-hybridized carbons (Fsp3) is 0.500. The quantitative estimate of drug-likeness (QED) is 0.490. The maximum atomic E-state index is 9.91. The number of phenols is 1. The third-order valence-corrected chi connectivity index (χ3v) is 2.71. The molecule has 0 spiro atoms. The summed E-state index contributed by atoms with van der Waals surface area (Å²) < 4.78 is 0. The minimum absolute atomic E-state index is 0.101. The van der Waals surface area contributed by atoms with E-state index in [9.17, 15) is 5.11 Å². The van der Waals surface area contributed by atoms with Gasteiger partial charge in [-0.05, 0) is 24.0 Å². The van der Waals surface area contributed by atoms with E-state index in [-0.39, 0.29) is 17.2 Å². The summed E-state index contributed by atoms with van der Waals surface area (Å²) in [7, 11) is 0. The molecule has 1 aromatic rings. The number of anilines is 1. The second-order valence-electron chi connectivity index (χ2n) is 5.08. The number of aryl methyl sites for hydroxylation is 1. The molecule has 0 heterocycles. The molecule has 15 heavy (non-hydrogen) atoms. The Morgan fingerprint density at radius 2 is 1.80 bits per heavy atom. The van der Waals surface area contributed by atoms with Gasteiger partial charge in [-0.25, -0.2) is 0 Å². The highest BCUT2D eigenvalue weighted by Crippen LogP contribution is 2.39. The molecule has 3 nitrogen and oxygen atoms in total. The van der Waals surface area contributed by atoms with Crippen molar-refractivity contribution < 1.29 is 5.11 Å². The molecule has 0 aliphatic carbocycles. The van der Waals surface area contributed by atoms with Crippen molar-refractivity contribution in [1.82, 2.24) is 0 Å². The lowest BCUT2D eigenvalue weighted by molar-refractivity contribution is 0.317. The molecular formula is C12H20N2O. The Bertz CT molecular complexity index is 367. The Morgan fingerprint density at radius 1 is 1.27 bits per heavy atom. The van der Waals surface area contributed by atoms with Gasteiger partial charge in [-0.3, -0.25) is 0 Å². The number of hydrogen-bond donors (Lipinski definition) is 3. The van der Waals surface area contributed by atoms with Crippen LogP contribution in [0.1, 0.15) is 37.9 Å². The molecule has 1 aromatic carbocycles. The number of rotatable bonds is 1. The molecule has 0 saturated carbocycles. The molecule has 0 bridgehead atoms. The minimum atomic E-state index is -0.221. The number of hydrogen-bond acceptors (Lipinski definition) is 3. The number of nitrogens with two attached hydrogens (primary N) is 2. The number of nitrogen functional groups attached to an aromatic ring is 1. The van der Waals surface area contributed by atoms with Gasteiger partial charge in [-0.2, -0.15) is 0 Å². The Labute approximate surface area is 91.1 Å². The molecule has 5 N–H and O–H groups in total. The van der Waals surface area contributed by atoms with E-state index in [0.29, 0.717) is 5.69 Å². The van der Waals surface area contributed by atoms with Crippen molar-refractivity contribution in [3.05, 3.63) is 23.3 Å². The van der Waals surface area contributed by atoms with Crippen molar-refractivity contribution in [3.63, 3.8) is 0 Å². The average molecular weight is 208 g/mol. The van der Waals surface area contributed by atoms with Gasteiger partial charge in [0.2, 0.25) is 0 Å². The first-order chi connectivity index (χ1) is 6.75. The summed E-state index contributed by atoms with van der Waals surface area (Å²) in [6.07, 6.45) is 0. The van der Waals surface area contributed by atoms with Gasteiger partial charge >= 0.3 is 0 Å². The predicted molar refractivity (Wildman–Crippen MR) is 63.6 cm³/mol. The van der Waals surface area contributed by atoms with Crippen molar-refractivity contribution in [3.8, 4) is 5.75 Å². The molecule has 0 unspecified atom stereocenters. The molecule has 1 rings (SSSR count). The van der Waals surface area contributed by atoms with Gasteiger partial charge in [0.1, 0.15) is 5.75 Å². The Kier molecular flexibility index (Phi) is 2.95. The zero-order valence-corrected chi connectivity index (χ0v) is 9.83. The van der Waals surface area contributed by atoms with Crippen LogP contribution >= 0.6 is 0 Å². The lowest BCUT2D eigenvalue weighted by Gasteiger charge is -2.29. The third kappa shape index (κ3) is 2.23. The second kappa shape index (κ2) is 3.74. The van der Waals surface area contributed by atoms with Crippen LogP contribution in [-0.2, 0) is 0 Å². The normalized spacial score (nSPS) is 13.9. The average Bonchev–Trinajstić information content (AvgIpc) is 2.10. The lowest BCUT2D eigenvalue weighted by Crippen LogP contribution is -2.27. The topological polar surface area (TPSA) is 72.3 Å². The van der Waals surface area contributed by atoms with E-state index >= 15 is 0 Å². The maximum Gasteiger partial charge on any atom is 0.143 e. The molecule has 84 valence electrons. The largest absolute Gasteiger partial charge is 0.505 e. The van der Waals surface area contributed by atoms with Gasteiger partial charge in [-0.1, -0.05) is 26.8 Å². The third-order valence-electron chi connectivity index (χ3n) is 2.71. The molecule has 0 amide bonds. The van der Waals surface area contributed by atoms with Gasteiger partial charge < -0.3 is 16.6 Å². The van der Waals surface area contributed by atoms with Crippen LogP contribution in [0.15, 0.2) is 12.1 Å². The lowest BCUT2D eigenvalue weighted by atomic mass is 9.81. The molecule has 3 heteroatoms. The van der Waals surface area contributed by atoms with Crippen LogP contribution in [0.5, 0.6) is 5.75 Å². The van der Waals surface area contributed by atoms with Gasteiger partial charge in [0, 0.05) is 11.6 Å². The van der Waals surface area contributed by atoms with Crippen molar-refractivity contribution >= 4 is 5.69 Å². The Morgan fingerprint density at radius 3 is 2.27 bits per heavy atom. The Balaban J connectivity index is 3.31. The van der Waals surface area contributed by atoms with E-state index in [1.165, 1.54) is 0 Å². The summed E-state index contributed by atoms with van der Waals surface area (Å²) >= 11 is 0. The molecule has 0 saturated heterocycles. The molecular weight excluding hydrogens is 188 g/mol. The molecule has 0 fully saturated rings. The fourth-order valence-electron chi connectivity index (χ4n) is 1.55. The first-order valence-electron chi connectivity index (χ1n) is 5.08. The second-order valence-corrected chi connectivity index (χ2v) is 5.08. The maximum absolute atomic E-state index is 9.91. The highest BCUT2D eigenvalue weighted by Gasteiger charge is 2.26. The van der Waals surface area contributed by atoms with Crippen molar-refractivity contribution in [1.29, 1.82) is 0 Å². The van der Waals surface area contributed by atoms with Gasteiger partial charge in [-0.15, -0.1) is 0 Å². The zero-order valence-electron chi connectivity index (χ0n) is 9.83. The minimum Gasteiger partial charge on any atom is -0.505 e. The first-order valence-corrected chi connectivity index (χ1v) is 5.08. The van der Waals surface area contributed by atoms with Crippen LogP contribution in [0.2, 0.25) is 0 Å². The zero-order chi connectivity index (χ0) is 11.8. The summed E-state index contributed by atoms with van der Waals surface area (Å²) in [5, 5.41) is 9.91. The summed E-state index contributed by atoms with van der Waals surface area (Å²) in [4.78, 5) is 0. The number of phenolic OH excluding ortho intramolecular Hbond substituents is 1. The van der Waals surface area contributed by atoms with Crippen LogP contribution in [0.25, 0.3) is 0 Å². The smallest absolute Gasteiger partial charge is 0.143 e. The van der Waals surface area contributed by atoms with Crippen LogP contribution in [0, 0.1) is 12.3 Å². The van der Waals surface area contributed by atoms with E-state index in [0.717, 1.165) is 11.1 Å². The van der Waals surface area contributed by atoms with E-state index < -0.39 is 0 Å². The van der Waals surface area contributed by atoms with Crippen LogP contribution in [0.3, 0.4) is 0 Å². The Hall–Kier alpha value is -1.22. The van der Waals surface area contributed by atoms with Crippen molar-refractivity contribution in [2.75, 3.05) is 5.73 Å². The standard InChI is InChI=1S/C12H20N2O/c1-7-5-6-8(13)10(15)9(7)11(14)12(2,3)4/h5-6,11,15H,13-14H2,1-4H3/t11-/m1/s1. The van der Waals surface area contributed by atoms with Gasteiger partial charge in [0.15, 0.2) is 0 Å². The van der Waals surface area contributed by atoms with Crippen molar-refractivity contribution in [2.24, 2.45) is 11.1 Å². The molecule has 1 atom stereocenters. The monoisotopic (exact) mass is 208 g/mol.